The van der Waals surface area contributed by atoms with Crippen LogP contribution in [0.25, 0.3) is 0 Å². The molecule has 0 aliphatic heterocycles. The normalized spacial score (nSPS) is 8.56. The van der Waals surface area contributed by atoms with E-state index in [1.165, 1.54) is 0 Å². The summed E-state index contributed by atoms with van der Waals surface area (Å²) in [5, 5.41) is 10.0. The molecule has 0 spiro atoms. The predicted molar refractivity (Wildman–Crippen MR) is 29.7 cm³/mol. The lowest BCUT2D eigenvalue weighted by atomic mass is 10.5. The summed E-state index contributed by atoms with van der Waals surface area (Å²) in [6, 6.07) is 0. The number of amides is 1. The predicted octanol–water partition coefficient (Wildman–Crippen LogP) is -1.85. The van der Waals surface area contributed by atoms with Gasteiger partial charge in [-0.25, -0.2) is 4.79 Å². The molecule has 0 aromatic rings. The van der Waals surface area contributed by atoms with E-state index in [2.05, 4.69) is 5.32 Å². The quantitative estimate of drug-likeness (QED) is 0.384. The third-order valence-electron chi connectivity index (χ3n) is 0.624. The minimum Gasteiger partial charge on any atom is -0.474 e. The fourth-order valence-corrected chi connectivity index (χ4v) is 0.261. The van der Waals surface area contributed by atoms with Gasteiger partial charge in [0, 0.05) is 13.1 Å². The fraction of sp³-hybridized carbons (Fsp3) is 0.500. The van der Waals surface area contributed by atoms with Crippen LogP contribution >= 0.6 is 0 Å². The average Bonchev–Trinajstić information content (AvgIpc) is 1.82. The molecule has 0 saturated carbocycles. The van der Waals surface area contributed by atoms with Gasteiger partial charge in [0.2, 0.25) is 0 Å². The third-order valence-corrected chi connectivity index (χ3v) is 0.624. The van der Waals surface area contributed by atoms with Gasteiger partial charge in [0.15, 0.2) is 0 Å². The van der Waals surface area contributed by atoms with Crippen molar-refractivity contribution in [2.45, 2.75) is 0 Å². The van der Waals surface area contributed by atoms with Crippen molar-refractivity contribution >= 4 is 11.9 Å². The van der Waals surface area contributed by atoms with Crippen LogP contribution in [0.1, 0.15) is 0 Å². The molecule has 5 nitrogen and oxygen atoms in total. The van der Waals surface area contributed by atoms with Gasteiger partial charge in [-0.15, -0.1) is 0 Å². The van der Waals surface area contributed by atoms with Crippen LogP contribution < -0.4 is 11.1 Å². The number of carbonyl (C=O) groups excluding carboxylic acids is 1. The van der Waals surface area contributed by atoms with E-state index in [1.54, 1.807) is 0 Å². The van der Waals surface area contributed by atoms with Crippen LogP contribution in [0.2, 0.25) is 0 Å². The number of nitrogens with two attached hydrogens (primary N) is 1. The molecule has 0 heterocycles. The second-order valence-corrected chi connectivity index (χ2v) is 1.35. The molecule has 4 N–H and O–H groups in total. The molecule has 0 radical (unpaired) electrons. The highest BCUT2D eigenvalue weighted by atomic mass is 16.4. The van der Waals surface area contributed by atoms with E-state index in [0.717, 1.165) is 0 Å². The summed E-state index contributed by atoms with van der Waals surface area (Å²) in [6.45, 7) is 0.449. The molecule has 52 valence electrons. The first-order valence-electron chi connectivity index (χ1n) is 2.39. The van der Waals surface area contributed by atoms with Gasteiger partial charge in [0.05, 0.1) is 0 Å². The number of carboxylic acids is 1. The Morgan fingerprint density at radius 2 is 2.11 bits per heavy atom. The minimum absolute atomic E-state index is 0.200. The molecule has 0 saturated heterocycles. The number of hydrogen-bond acceptors (Lipinski definition) is 3. The summed E-state index contributed by atoms with van der Waals surface area (Å²) in [6.07, 6.45) is 0. The van der Waals surface area contributed by atoms with E-state index in [1.807, 2.05) is 0 Å². The van der Waals surface area contributed by atoms with Crippen molar-refractivity contribution in [3.05, 3.63) is 0 Å². The molecule has 5 heteroatoms. The Hall–Kier alpha value is -1.10. The van der Waals surface area contributed by atoms with Crippen LogP contribution in [0.4, 0.5) is 0 Å². The lowest BCUT2D eigenvalue weighted by Gasteiger charge is -1.95. The van der Waals surface area contributed by atoms with Crippen LogP contribution in [-0.2, 0) is 9.59 Å². The zero-order chi connectivity index (χ0) is 7.28. The number of aliphatic carboxylic acids is 1. The molecule has 0 unspecified atom stereocenters. The molecule has 0 aromatic carbocycles. The van der Waals surface area contributed by atoms with E-state index in [-0.39, 0.29) is 13.1 Å². The van der Waals surface area contributed by atoms with Gasteiger partial charge in [-0.05, 0) is 0 Å². The Kier molecular flexibility index (Phi) is 3.38. The van der Waals surface area contributed by atoms with Gasteiger partial charge in [-0.3, -0.25) is 4.79 Å². The van der Waals surface area contributed by atoms with Crippen LogP contribution in [0.5, 0.6) is 0 Å². The van der Waals surface area contributed by atoms with Crippen LogP contribution in [0.3, 0.4) is 0 Å². The van der Waals surface area contributed by atoms with Gasteiger partial charge < -0.3 is 16.2 Å². The molecular weight excluding hydrogens is 124 g/mol. The molecule has 0 rings (SSSR count). The maximum atomic E-state index is 10.1. The zero-order valence-corrected chi connectivity index (χ0v) is 4.76. The Morgan fingerprint density at radius 1 is 1.56 bits per heavy atom. The van der Waals surface area contributed by atoms with Gasteiger partial charge >= 0.3 is 11.9 Å². The Morgan fingerprint density at radius 3 is 2.44 bits per heavy atom. The van der Waals surface area contributed by atoms with Crippen molar-refractivity contribution in [3.8, 4) is 0 Å². The van der Waals surface area contributed by atoms with Gasteiger partial charge in [0.25, 0.3) is 0 Å². The number of rotatable bonds is 2. The monoisotopic (exact) mass is 132 g/mol. The number of hydrogen-bond donors (Lipinski definition) is 3. The maximum Gasteiger partial charge on any atom is 0.394 e. The molecule has 0 aliphatic rings. The van der Waals surface area contributed by atoms with Crippen LogP contribution in [-0.4, -0.2) is 30.1 Å². The maximum absolute atomic E-state index is 10.1. The molecular formula is C4H8N2O3. The van der Waals surface area contributed by atoms with Crippen molar-refractivity contribution in [1.29, 1.82) is 0 Å². The first kappa shape index (κ1) is 7.90. The summed E-state index contributed by atoms with van der Waals surface area (Å²) in [5.74, 6) is -2.50. The smallest absolute Gasteiger partial charge is 0.394 e. The number of nitrogens with one attached hydrogen (secondary N) is 1. The Balaban J connectivity index is 3.39. The summed E-state index contributed by atoms with van der Waals surface area (Å²) < 4.78 is 0. The molecule has 0 aliphatic carbocycles. The van der Waals surface area contributed by atoms with E-state index >= 15 is 0 Å². The highest BCUT2D eigenvalue weighted by molar-refractivity contribution is 6.31. The summed E-state index contributed by atoms with van der Waals surface area (Å²) in [4.78, 5) is 19.9. The van der Waals surface area contributed by atoms with E-state index in [4.69, 9.17) is 10.8 Å². The van der Waals surface area contributed by atoms with Crippen molar-refractivity contribution in [3.63, 3.8) is 0 Å². The van der Waals surface area contributed by atoms with Crippen molar-refractivity contribution in [1.82, 2.24) is 5.32 Å². The largest absolute Gasteiger partial charge is 0.474 e. The molecule has 1 amide bonds. The molecule has 9 heavy (non-hydrogen) atoms. The lowest BCUT2D eigenvalue weighted by Crippen LogP contribution is -2.34. The average molecular weight is 132 g/mol. The SMILES string of the molecule is NCCNC(=O)C(=O)O. The standard InChI is InChI=1S/C4H8N2O3/c5-1-2-6-3(7)4(8)9/h1-2,5H2,(H,6,7)(H,8,9). The number of carboxylic acid groups (broad SMARTS) is 1. The topological polar surface area (TPSA) is 92.4 Å². The third kappa shape index (κ3) is 3.48. The fourth-order valence-electron chi connectivity index (χ4n) is 0.261. The van der Waals surface area contributed by atoms with Crippen LogP contribution in [0, 0.1) is 0 Å². The summed E-state index contributed by atoms with van der Waals surface area (Å²) in [7, 11) is 0. The van der Waals surface area contributed by atoms with E-state index in [9.17, 15) is 9.59 Å². The van der Waals surface area contributed by atoms with E-state index < -0.39 is 11.9 Å². The van der Waals surface area contributed by atoms with Crippen molar-refractivity contribution in [2.24, 2.45) is 5.73 Å². The molecule has 0 aromatic heterocycles. The second kappa shape index (κ2) is 3.85. The number of carbonyl (C=O) groups is 2. The molecule has 0 bridgehead atoms. The minimum atomic E-state index is -1.48. The van der Waals surface area contributed by atoms with E-state index in [0.29, 0.717) is 0 Å². The van der Waals surface area contributed by atoms with Crippen LogP contribution in [0.15, 0.2) is 0 Å². The molecule has 0 fully saturated rings. The first-order chi connectivity index (χ1) is 4.18. The van der Waals surface area contributed by atoms with Crippen molar-refractivity contribution < 1.29 is 14.7 Å². The van der Waals surface area contributed by atoms with Gasteiger partial charge in [0.1, 0.15) is 0 Å². The Labute approximate surface area is 51.8 Å². The summed E-state index contributed by atoms with van der Waals surface area (Å²) in [5.41, 5.74) is 4.97. The summed E-state index contributed by atoms with van der Waals surface area (Å²) >= 11 is 0. The Bertz CT molecular complexity index is 123. The lowest BCUT2D eigenvalue weighted by molar-refractivity contribution is -0.150. The zero-order valence-electron chi connectivity index (χ0n) is 4.76. The van der Waals surface area contributed by atoms with Gasteiger partial charge in [-0.1, -0.05) is 0 Å². The van der Waals surface area contributed by atoms with Gasteiger partial charge in [-0.2, -0.15) is 0 Å². The molecule has 0 atom stereocenters. The first-order valence-corrected chi connectivity index (χ1v) is 2.39. The highest BCUT2D eigenvalue weighted by Gasteiger charge is 2.07. The van der Waals surface area contributed by atoms with Crippen molar-refractivity contribution in [2.75, 3.05) is 13.1 Å². The second-order valence-electron chi connectivity index (χ2n) is 1.35. The highest BCUT2D eigenvalue weighted by Crippen LogP contribution is 1.62.